The number of aromatic nitrogens is 2. The lowest BCUT2D eigenvalue weighted by molar-refractivity contribution is -0.149. The fraction of sp³-hybridized carbons (Fsp3) is 0.464. The normalized spacial score (nSPS) is 27.2. The predicted molar refractivity (Wildman–Crippen MR) is 152 cm³/mol. The van der Waals surface area contributed by atoms with Crippen molar-refractivity contribution in [1.29, 1.82) is 0 Å². The van der Waals surface area contributed by atoms with Crippen molar-refractivity contribution >= 4 is 30.8 Å². The molecule has 3 N–H and O–H groups in total. The van der Waals surface area contributed by atoms with E-state index in [1.54, 1.807) is 26.0 Å². The average molecular weight is 622 g/mol. The van der Waals surface area contributed by atoms with Crippen LogP contribution in [0.5, 0.6) is 0 Å². The number of benzene rings is 1. The number of carbonyl (C=O) groups is 1. The second-order valence-corrected chi connectivity index (χ2v) is 12.6. The van der Waals surface area contributed by atoms with Crippen LogP contribution < -0.4 is 16.3 Å². The summed E-state index contributed by atoms with van der Waals surface area (Å²) in [5.41, 5.74) is -2.61. The van der Waals surface area contributed by atoms with Gasteiger partial charge in [0, 0.05) is 29.6 Å². The van der Waals surface area contributed by atoms with Crippen molar-refractivity contribution in [3.8, 4) is 0 Å². The first-order valence-electron chi connectivity index (χ1n) is 13.7. The molecule has 15 heteroatoms. The monoisotopic (exact) mass is 621 g/mol. The molecule has 1 aromatic carbocycles. The van der Waals surface area contributed by atoms with E-state index in [1.807, 2.05) is 29.2 Å². The summed E-state index contributed by atoms with van der Waals surface area (Å²) in [6, 6.07) is 7.34. The van der Waals surface area contributed by atoms with Crippen molar-refractivity contribution in [2.75, 3.05) is 6.61 Å². The summed E-state index contributed by atoms with van der Waals surface area (Å²) in [6.07, 6.45) is -1.45. The Balaban J connectivity index is 1.35. The van der Waals surface area contributed by atoms with Gasteiger partial charge in [0.1, 0.15) is 29.6 Å². The number of carbonyl (C=O) groups excluding carboxylic acids is 1. The molecule has 3 heterocycles. The van der Waals surface area contributed by atoms with Gasteiger partial charge in [0.25, 0.3) is 5.56 Å². The van der Waals surface area contributed by atoms with Crippen LogP contribution in [0, 0.1) is 0 Å². The molecule has 2 aliphatic rings. The predicted octanol–water partition coefficient (Wildman–Crippen LogP) is 2.98. The maximum absolute atomic E-state index is 15.7. The number of esters is 1. The van der Waals surface area contributed by atoms with Crippen molar-refractivity contribution in [3.63, 3.8) is 0 Å². The fourth-order valence-corrected chi connectivity index (χ4v) is 6.63. The first-order chi connectivity index (χ1) is 20.3. The molecule has 0 amide bonds. The molecule has 1 aliphatic heterocycles. The third-order valence-electron chi connectivity index (χ3n) is 7.14. The summed E-state index contributed by atoms with van der Waals surface area (Å²) in [5, 5.41) is 14.2. The van der Waals surface area contributed by atoms with Crippen LogP contribution in [0.3, 0.4) is 0 Å². The van der Waals surface area contributed by atoms with Crippen molar-refractivity contribution in [3.05, 3.63) is 74.8 Å². The molecule has 1 saturated heterocycles. The largest absolute Gasteiger partial charge is 0.462 e. The second-order valence-electron chi connectivity index (χ2n) is 10.9. The fourth-order valence-electron chi connectivity index (χ4n) is 5.01. The number of H-pyrrole nitrogens is 1. The zero-order valence-corrected chi connectivity index (χ0v) is 24.8. The highest BCUT2D eigenvalue weighted by molar-refractivity contribution is 7.51. The lowest BCUT2D eigenvalue weighted by Crippen LogP contribution is -2.43. The van der Waals surface area contributed by atoms with E-state index in [9.17, 15) is 24.1 Å². The molecule has 5 rings (SSSR count). The Morgan fingerprint density at radius 1 is 1.28 bits per heavy atom. The smallest absolute Gasteiger partial charge is 0.406 e. The number of fused-ring (bicyclic) bond motifs is 3. The number of ether oxygens (including phenoxy) is 2. The molecule has 0 spiro atoms. The van der Waals surface area contributed by atoms with Crippen molar-refractivity contribution < 1.29 is 41.8 Å². The number of hydrogen-bond donors (Lipinski definition) is 3. The number of rotatable bonds is 10. The van der Waals surface area contributed by atoms with Crippen LogP contribution in [0.4, 0.5) is 4.39 Å². The van der Waals surface area contributed by atoms with Gasteiger partial charge in [-0.15, -0.1) is 0 Å². The lowest BCUT2D eigenvalue weighted by atomic mass is 9.98. The Labute approximate surface area is 245 Å². The maximum atomic E-state index is 15.7. The van der Waals surface area contributed by atoms with Gasteiger partial charge in [0.05, 0.1) is 18.8 Å². The topological polar surface area (TPSA) is 171 Å². The van der Waals surface area contributed by atoms with E-state index in [4.69, 9.17) is 22.9 Å². The number of hydrogen-bond acceptors (Lipinski definition) is 10. The summed E-state index contributed by atoms with van der Waals surface area (Å²) >= 11 is 0. The van der Waals surface area contributed by atoms with Gasteiger partial charge in [-0.3, -0.25) is 28.2 Å². The van der Waals surface area contributed by atoms with Gasteiger partial charge in [-0.1, -0.05) is 30.4 Å². The summed E-state index contributed by atoms with van der Waals surface area (Å²) in [4.78, 5) is 38.3. The SMILES string of the molecule is CC(C)OC(=O)C(C)NP(=O)(OCC1OC(n2ccc(=O)[nH]c2=O)C(C)(F)C1O)OC1C=Cc2c(oc3ccccc23)C1. The van der Waals surface area contributed by atoms with Gasteiger partial charge in [-0.25, -0.2) is 18.8 Å². The molecule has 0 saturated carbocycles. The van der Waals surface area contributed by atoms with Crippen LogP contribution in [-0.2, 0) is 34.3 Å². The number of halogens is 1. The van der Waals surface area contributed by atoms with Crippen LogP contribution >= 0.6 is 7.75 Å². The van der Waals surface area contributed by atoms with E-state index < -0.39 is 73.9 Å². The Morgan fingerprint density at radius 3 is 2.74 bits per heavy atom. The van der Waals surface area contributed by atoms with E-state index in [0.29, 0.717) is 11.3 Å². The zero-order chi connectivity index (χ0) is 31.1. The number of furan rings is 1. The van der Waals surface area contributed by atoms with E-state index in [-0.39, 0.29) is 6.42 Å². The van der Waals surface area contributed by atoms with Crippen LogP contribution in [0.2, 0.25) is 0 Å². The van der Waals surface area contributed by atoms with Crippen LogP contribution in [0.25, 0.3) is 17.0 Å². The van der Waals surface area contributed by atoms with Crippen molar-refractivity contribution in [1.82, 2.24) is 14.6 Å². The molecule has 7 atom stereocenters. The number of aromatic amines is 1. The van der Waals surface area contributed by atoms with Gasteiger partial charge >= 0.3 is 19.4 Å². The minimum Gasteiger partial charge on any atom is -0.462 e. The summed E-state index contributed by atoms with van der Waals surface area (Å²) < 4.78 is 58.8. The van der Waals surface area contributed by atoms with Gasteiger partial charge < -0.3 is 19.0 Å². The third kappa shape index (κ3) is 6.44. The minimum atomic E-state index is -4.39. The van der Waals surface area contributed by atoms with E-state index in [1.165, 1.54) is 6.92 Å². The summed E-state index contributed by atoms with van der Waals surface area (Å²) in [7, 11) is -4.39. The van der Waals surface area contributed by atoms with Gasteiger partial charge in [-0.05, 0) is 33.8 Å². The standard InChI is InChI=1S/C28H33FN3O10P/c1-15(2)39-25(35)16(3)31-43(37,42-17-9-10-19-18-7-5-6-8-20(18)40-21(19)13-17)38-14-22-24(34)28(4,29)26(41-22)32-12-11-23(33)30-27(32)36/h5-12,15-17,22,24,26,34H,13-14H2,1-4H3,(H,31,37)(H,30,33,36). The number of nitrogens with one attached hydrogen (secondary N) is 2. The Kier molecular flexibility index (Phi) is 8.63. The highest BCUT2D eigenvalue weighted by atomic mass is 31.2. The van der Waals surface area contributed by atoms with Crippen LogP contribution in [-0.4, -0.2) is 63.4 Å². The van der Waals surface area contributed by atoms with Gasteiger partial charge in [-0.2, -0.15) is 0 Å². The number of aliphatic hydroxyl groups excluding tert-OH is 1. The molecule has 1 fully saturated rings. The molecule has 3 aromatic rings. The average Bonchev–Trinajstić information content (AvgIpc) is 3.40. The lowest BCUT2D eigenvalue weighted by Gasteiger charge is -2.28. The van der Waals surface area contributed by atoms with Crippen LogP contribution in [0.15, 0.2) is 56.6 Å². The molecule has 7 unspecified atom stereocenters. The van der Waals surface area contributed by atoms with E-state index in [2.05, 4.69) is 5.09 Å². The summed E-state index contributed by atoms with van der Waals surface area (Å²) in [5.74, 6) is -0.114. The first-order valence-corrected chi connectivity index (χ1v) is 15.3. The van der Waals surface area contributed by atoms with Gasteiger partial charge in [0.15, 0.2) is 11.9 Å². The Morgan fingerprint density at radius 2 is 2.02 bits per heavy atom. The zero-order valence-electron chi connectivity index (χ0n) is 23.9. The molecule has 43 heavy (non-hydrogen) atoms. The molecular weight excluding hydrogens is 588 g/mol. The molecular formula is C28H33FN3O10P. The molecule has 2 aromatic heterocycles. The molecule has 232 valence electrons. The van der Waals surface area contributed by atoms with Crippen molar-refractivity contribution in [2.45, 2.75) is 76.5 Å². The quantitative estimate of drug-likeness (QED) is 0.225. The van der Waals surface area contributed by atoms with Crippen LogP contribution in [0.1, 0.15) is 45.2 Å². The highest BCUT2D eigenvalue weighted by Gasteiger charge is 2.56. The van der Waals surface area contributed by atoms with Gasteiger partial charge in [0.2, 0.25) is 0 Å². The first kappa shape index (κ1) is 31.0. The number of aliphatic hydroxyl groups is 1. The van der Waals surface area contributed by atoms with E-state index >= 15 is 4.39 Å². The maximum Gasteiger partial charge on any atom is 0.406 e. The third-order valence-corrected chi connectivity index (χ3v) is 8.88. The highest BCUT2D eigenvalue weighted by Crippen LogP contribution is 2.49. The second kappa shape index (κ2) is 11.9. The number of alkyl halides is 1. The number of para-hydroxylation sites is 1. The number of nitrogens with zero attached hydrogens (tertiary/aromatic N) is 1. The molecule has 1 aliphatic carbocycles. The van der Waals surface area contributed by atoms with Crippen molar-refractivity contribution in [2.24, 2.45) is 0 Å². The molecule has 0 radical (unpaired) electrons. The Bertz CT molecular complexity index is 1700. The minimum absolute atomic E-state index is 0.197. The molecule has 13 nitrogen and oxygen atoms in total. The molecule has 0 bridgehead atoms. The summed E-state index contributed by atoms with van der Waals surface area (Å²) in [6.45, 7) is 5.10. The van der Waals surface area contributed by atoms with E-state index in [0.717, 1.165) is 34.7 Å². The Hall–Kier alpha value is -3.39.